The number of allylic oxidation sites excluding steroid dienone is 8. The molecule has 0 bridgehead atoms. The first-order valence-electron chi connectivity index (χ1n) is 16.9. The van der Waals surface area contributed by atoms with E-state index in [0.717, 1.165) is 27.5 Å². The number of rotatable bonds is 5. The highest BCUT2D eigenvalue weighted by Gasteiger charge is 2.34. The van der Waals surface area contributed by atoms with Gasteiger partial charge in [0.25, 0.3) is 0 Å². The largest absolute Gasteiger partial charge is 0.313 e. The summed E-state index contributed by atoms with van der Waals surface area (Å²) < 4.78 is 2.35. The number of nitriles is 2. The molecule has 0 aliphatic carbocycles. The molecule has 0 fully saturated rings. The third-order valence-corrected chi connectivity index (χ3v) is 13.8. The maximum atomic E-state index is 10.7. The topological polar surface area (TPSA) is 52.5 Å². The zero-order valence-corrected chi connectivity index (χ0v) is 30.7. The lowest BCUT2D eigenvalue weighted by Gasteiger charge is -2.31. The summed E-state index contributed by atoms with van der Waals surface area (Å²) in [6, 6.07) is 39.0. The van der Waals surface area contributed by atoms with E-state index in [-0.39, 0.29) is 10.8 Å². The Kier molecular flexibility index (Phi) is 8.80. The molecule has 0 atom stereocenters. The SMILES string of the molecule is C/C(=C\C=C(/C)n1c2ccc(C(C)(C)C)cc2c2cc(C(C)(C)C)ccc21)C1=CC(C#N)=P(c2ccccc2)(c2ccccc2)C(C#N)=C1. The van der Waals surface area contributed by atoms with Gasteiger partial charge in [-0.3, -0.25) is 0 Å². The van der Waals surface area contributed by atoms with Gasteiger partial charge in [0.15, 0.2) is 0 Å². The van der Waals surface area contributed by atoms with Crippen molar-refractivity contribution in [3.05, 3.63) is 149 Å². The number of nitrogens with zero attached hydrogens (tertiary/aromatic N) is 3. The predicted octanol–water partition coefficient (Wildman–Crippen LogP) is 10.9. The van der Waals surface area contributed by atoms with Crippen LogP contribution in [0.2, 0.25) is 0 Å². The molecule has 1 aliphatic heterocycles. The predicted molar refractivity (Wildman–Crippen MR) is 212 cm³/mol. The van der Waals surface area contributed by atoms with Crippen molar-refractivity contribution in [3.8, 4) is 12.1 Å². The van der Waals surface area contributed by atoms with Crippen molar-refractivity contribution in [2.24, 2.45) is 0 Å². The maximum Gasteiger partial charge on any atom is 0.100 e. The third kappa shape index (κ3) is 5.95. The summed E-state index contributed by atoms with van der Waals surface area (Å²) in [5.41, 5.74) is 8.03. The van der Waals surface area contributed by atoms with Crippen LogP contribution in [0.5, 0.6) is 0 Å². The standard InChI is InChI=1S/C45H44N3P/c1-31(33-25-38(29-46)49(39(26-33)30-47,36-15-11-9-12-16-36)37-17-13-10-14-18-37)19-20-32(2)48-42-23-21-34(44(3,4)5)27-40(42)41-28-35(45(6,7)8)22-24-43(41)48/h9-28H,1-8H3/b31-19+,32-20+. The van der Waals surface area contributed by atoms with Gasteiger partial charge in [-0.25, -0.2) is 0 Å². The van der Waals surface area contributed by atoms with Crippen LogP contribution in [0.1, 0.15) is 66.5 Å². The Balaban J connectivity index is 1.52. The highest BCUT2D eigenvalue weighted by atomic mass is 31.2. The second-order valence-corrected chi connectivity index (χ2v) is 18.4. The number of hydrogen-bond donors (Lipinski definition) is 0. The quantitative estimate of drug-likeness (QED) is 0.139. The first-order valence-corrected chi connectivity index (χ1v) is 18.7. The number of hydrogen-bond acceptors (Lipinski definition) is 2. The molecule has 0 N–H and O–H groups in total. The van der Waals surface area contributed by atoms with Crippen molar-refractivity contribution >= 4 is 50.3 Å². The molecule has 2 heterocycles. The number of aromatic nitrogens is 1. The van der Waals surface area contributed by atoms with E-state index in [1.54, 1.807) is 0 Å². The number of benzene rings is 4. The molecular weight excluding hydrogens is 613 g/mol. The molecule has 6 rings (SSSR count). The molecular formula is C45H44N3P. The molecule has 1 aromatic heterocycles. The van der Waals surface area contributed by atoms with Crippen molar-refractivity contribution in [2.45, 2.75) is 66.2 Å². The molecule has 0 saturated heterocycles. The molecule has 4 heteroatoms. The van der Waals surface area contributed by atoms with Gasteiger partial charge in [0.1, 0.15) is 12.1 Å². The fourth-order valence-corrected chi connectivity index (χ4v) is 10.7. The molecule has 1 aliphatic rings. The highest BCUT2D eigenvalue weighted by Crippen LogP contribution is 2.57. The monoisotopic (exact) mass is 657 g/mol. The lowest BCUT2D eigenvalue weighted by molar-refractivity contribution is 0.590. The van der Waals surface area contributed by atoms with Crippen molar-refractivity contribution < 1.29 is 0 Å². The van der Waals surface area contributed by atoms with Crippen LogP contribution in [-0.2, 0) is 10.8 Å². The van der Waals surface area contributed by atoms with Crippen LogP contribution in [0.4, 0.5) is 0 Å². The van der Waals surface area contributed by atoms with Crippen LogP contribution in [0.25, 0.3) is 27.5 Å². The Morgan fingerprint density at radius 2 is 1.12 bits per heavy atom. The minimum absolute atomic E-state index is 0.0404. The first kappa shape index (κ1) is 33.8. The molecule has 4 aromatic carbocycles. The Hall–Kier alpha value is -5.08. The normalized spacial score (nSPS) is 15.5. The lowest BCUT2D eigenvalue weighted by Crippen LogP contribution is -2.24. The highest BCUT2D eigenvalue weighted by molar-refractivity contribution is 7.93. The molecule has 0 saturated carbocycles. The van der Waals surface area contributed by atoms with Gasteiger partial charge in [-0.2, -0.15) is 10.5 Å². The molecule has 5 aromatic rings. The van der Waals surface area contributed by atoms with Gasteiger partial charge < -0.3 is 4.57 Å². The van der Waals surface area contributed by atoms with Crippen LogP contribution in [0.15, 0.2) is 138 Å². The molecule has 49 heavy (non-hydrogen) atoms. The van der Waals surface area contributed by atoms with Crippen molar-refractivity contribution in [2.75, 3.05) is 0 Å². The molecule has 244 valence electrons. The van der Waals surface area contributed by atoms with Gasteiger partial charge in [0, 0.05) is 23.4 Å². The fraction of sp³-hybridized carbons (Fsp3) is 0.222. The average Bonchev–Trinajstić information content (AvgIpc) is 3.43. The minimum Gasteiger partial charge on any atom is -0.313 e. The minimum atomic E-state index is -2.62. The average molecular weight is 658 g/mol. The summed E-state index contributed by atoms with van der Waals surface area (Å²) in [6.45, 7) is 15.2. The summed E-state index contributed by atoms with van der Waals surface area (Å²) in [4.78, 5) is 0. The van der Waals surface area contributed by atoms with E-state index in [0.29, 0.717) is 10.6 Å². The van der Waals surface area contributed by atoms with E-state index in [2.05, 4.69) is 145 Å². The Morgan fingerprint density at radius 3 is 1.55 bits per heavy atom. The summed E-state index contributed by atoms with van der Waals surface area (Å²) in [6.07, 6.45) is 8.28. The zero-order valence-electron chi connectivity index (χ0n) is 29.8. The van der Waals surface area contributed by atoms with E-state index in [9.17, 15) is 10.5 Å². The van der Waals surface area contributed by atoms with Gasteiger partial charge in [-0.15, -0.1) is 0 Å². The van der Waals surface area contributed by atoms with Crippen LogP contribution < -0.4 is 10.6 Å². The molecule has 0 radical (unpaired) electrons. The maximum absolute atomic E-state index is 10.7. The van der Waals surface area contributed by atoms with Gasteiger partial charge in [-0.05, 0) is 100 Å². The summed E-state index contributed by atoms with van der Waals surface area (Å²) >= 11 is 0. The van der Waals surface area contributed by atoms with Crippen molar-refractivity contribution in [1.82, 2.24) is 4.57 Å². The van der Waals surface area contributed by atoms with E-state index >= 15 is 0 Å². The Morgan fingerprint density at radius 1 is 0.633 bits per heavy atom. The van der Waals surface area contributed by atoms with Crippen LogP contribution in [0.3, 0.4) is 0 Å². The summed E-state index contributed by atoms with van der Waals surface area (Å²) in [7, 11) is 0. The summed E-state index contributed by atoms with van der Waals surface area (Å²) in [5, 5.41) is 27.2. The molecule has 3 nitrogen and oxygen atoms in total. The van der Waals surface area contributed by atoms with Crippen molar-refractivity contribution in [1.29, 1.82) is 10.5 Å². The van der Waals surface area contributed by atoms with Gasteiger partial charge in [0.2, 0.25) is 0 Å². The Bertz CT molecular complexity index is 2250. The van der Waals surface area contributed by atoms with Crippen LogP contribution >= 0.6 is 6.89 Å². The second-order valence-electron chi connectivity index (χ2n) is 15.0. The number of fused-ring (bicyclic) bond motifs is 3. The third-order valence-electron chi connectivity index (χ3n) is 9.70. The van der Waals surface area contributed by atoms with Gasteiger partial charge in [0.05, 0.1) is 21.6 Å². The summed E-state index contributed by atoms with van der Waals surface area (Å²) in [5.74, 6) is 0. The fourth-order valence-electron chi connectivity index (χ4n) is 6.86. The smallest absolute Gasteiger partial charge is 0.100 e. The molecule has 0 amide bonds. The van der Waals surface area contributed by atoms with E-state index in [1.807, 2.05) is 48.6 Å². The van der Waals surface area contributed by atoms with E-state index in [1.165, 1.54) is 32.9 Å². The van der Waals surface area contributed by atoms with E-state index in [4.69, 9.17) is 0 Å². The zero-order chi connectivity index (χ0) is 35.1. The van der Waals surface area contributed by atoms with Crippen LogP contribution in [-0.4, -0.2) is 9.86 Å². The first-order chi connectivity index (χ1) is 23.3. The van der Waals surface area contributed by atoms with Gasteiger partial charge in [-0.1, -0.05) is 120 Å². The van der Waals surface area contributed by atoms with Crippen LogP contribution in [0, 0.1) is 22.7 Å². The second kappa shape index (κ2) is 12.7. The van der Waals surface area contributed by atoms with E-state index < -0.39 is 6.89 Å². The van der Waals surface area contributed by atoms with Crippen molar-refractivity contribution in [3.63, 3.8) is 0 Å². The van der Waals surface area contributed by atoms with Gasteiger partial charge >= 0.3 is 0 Å². The molecule has 0 unspecified atom stereocenters. The Labute approximate surface area is 291 Å². The molecule has 0 spiro atoms. The lowest BCUT2D eigenvalue weighted by atomic mass is 9.85.